The Labute approximate surface area is 136 Å². The van der Waals surface area contributed by atoms with Crippen molar-refractivity contribution < 1.29 is 23.1 Å². The van der Waals surface area contributed by atoms with E-state index in [1.54, 1.807) is 23.4 Å². The van der Waals surface area contributed by atoms with E-state index in [1.165, 1.54) is 6.07 Å². The van der Waals surface area contributed by atoms with E-state index in [-0.39, 0.29) is 13.0 Å². The maximum absolute atomic E-state index is 12.9. The molecular formula is C17H15F3N2O2. The zero-order valence-corrected chi connectivity index (χ0v) is 12.6. The molecule has 1 aromatic heterocycles. The smallest absolute Gasteiger partial charge is 0.416 e. The van der Waals surface area contributed by atoms with Crippen LogP contribution in [0.25, 0.3) is 0 Å². The third-order valence-corrected chi connectivity index (χ3v) is 4.15. The summed E-state index contributed by atoms with van der Waals surface area (Å²) in [7, 11) is 0. The van der Waals surface area contributed by atoms with Crippen LogP contribution in [0.2, 0.25) is 0 Å². The van der Waals surface area contributed by atoms with Gasteiger partial charge in [-0.15, -0.1) is 0 Å². The molecule has 1 aromatic carbocycles. The molecule has 0 saturated heterocycles. The van der Waals surface area contributed by atoms with E-state index in [0.717, 1.165) is 17.7 Å². The highest BCUT2D eigenvalue weighted by Gasteiger charge is 2.35. The van der Waals surface area contributed by atoms with Crippen LogP contribution >= 0.6 is 0 Å². The van der Waals surface area contributed by atoms with Crippen LogP contribution in [0, 0.1) is 0 Å². The number of halogens is 3. The second-order valence-corrected chi connectivity index (χ2v) is 5.81. The van der Waals surface area contributed by atoms with Crippen LogP contribution in [-0.4, -0.2) is 27.0 Å². The summed E-state index contributed by atoms with van der Waals surface area (Å²) in [4.78, 5) is 17.2. The van der Waals surface area contributed by atoms with Crippen molar-refractivity contribution in [3.8, 4) is 0 Å². The Morgan fingerprint density at radius 3 is 2.71 bits per heavy atom. The molecule has 0 aliphatic carbocycles. The number of carbonyl (C=O) groups is 1. The number of carboxylic acid groups (broad SMARTS) is 1. The van der Waals surface area contributed by atoms with E-state index in [2.05, 4.69) is 4.98 Å². The van der Waals surface area contributed by atoms with E-state index in [4.69, 9.17) is 0 Å². The van der Waals surface area contributed by atoms with Crippen LogP contribution in [0.3, 0.4) is 0 Å². The van der Waals surface area contributed by atoms with Gasteiger partial charge in [-0.05, 0) is 41.3 Å². The Kier molecular flexibility index (Phi) is 4.28. The maximum atomic E-state index is 12.9. The second-order valence-electron chi connectivity index (χ2n) is 5.81. The number of hydrogen-bond donors (Lipinski definition) is 1. The summed E-state index contributed by atoms with van der Waals surface area (Å²) in [5.74, 6) is -0.982. The monoisotopic (exact) mass is 336 g/mol. The van der Waals surface area contributed by atoms with E-state index >= 15 is 0 Å². The van der Waals surface area contributed by atoms with Crippen molar-refractivity contribution >= 4 is 5.97 Å². The summed E-state index contributed by atoms with van der Waals surface area (Å²) >= 11 is 0. The number of nitrogens with zero attached hydrogens (tertiary/aromatic N) is 2. The van der Waals surface area contributed by atoms with Gasteiger partial charge < -0.3 is 5.11 Å². The van der Waals surface area contributed by atoms with E-state index < -0.39 is 23.8 Å². The molecular weight excluding hydrogens is 321 g/mol. The molecule has 1 atom stereocenters. The molecule has 0 spiro atoms. The molecule has 1 N–H and O–H groups in total. The molecule has 2 heterocycles. The lowest BCUT2D eigenvalue weighted by Crippen LogP contribution is -2.45. The van der Waals surface area contributed by atoms with E-state index in [1.807, 2.05) is 6.07 Å². The number of alkyl halides is 3. The van der Waals surface area contributed by atoms with Crippen LogP contribution in [0.15, 0.2) is 42.7 Å². The highest BCUT2D eigenvalue weighted by molar-refractivity contribution is 5.74. The number of benzene rings is 1. The van der Waals surface area contributed by atoms with Crippen LogP contribution in [-0.2, 0) is 30.5 Å². The molecule has 0 saturated carbocycles. The average Bonchev–Trinajstić information content (AvgIpc) is 2.53. The largest absolute Gasteiger partial charge is 0.480 e. The maximum Gasteiger partial charge on any atom is 0.416 e. The summed E-state index contributed by atoms with van der Waals surface area (Å²) in [6.45, 7) is 0.478. The molecule has 4 nitrogen and oxygen atoms in total. The average molecular weight is 336 g/mol. The lowest BCUT2D eigenvalue weighted by molar-refractivity contribution is -0.144. The van der Waals surface area contributed by atoms with Gasteiger partial charge in [-0.25, -0.2) is 0 Å². The van der Waals surface area contributed by atoms with Crippen molar-refractivity contribution in [3.63, 3.8) is 0 Å². The van der Waals surface area contributed by atoms with Gasteiger partial charge >= 0.3 is 12.1 Å². The van der Waals surface area contributed by atoms with Crippen molar-refractivity contribution in [2.75, 3.05) is 0 Å². The Balaban J connectivity index is 1.91. The number of aliphatic carboxylic acids is 1. The van der Waals surface area contributed by atoms with Gasteiger partial charge in [0.05, 0.1) is 5.56 Å². The van der Waals surface area contributed by atoms with Gasteiger partial charge in [-0.3, -0.25) is 14.7 Å². The molecule has 0 fully saturated rings. The first-order chi connectivity index (χ1) is 11.3. The zero-order valence-electron chi connectivity index (χ0n) is 12.6. The quantitative estimate of drug-likeness (QED) is 0.936. The fraction of sp³-hybridized carbons (Fsp3) is 0.294. The number of aromatic nitrogens is 1. The summed E-state index contributed by atoms with van der Waals surface area (Å²) in [6, 6.07) is 6.29. The van der Waals surface area contributed by atoms with E-state index in [0.29, 0.717) is 17.7 Å². The second kappa shape index (κ2) is 6.24. The van der Waals surface area contributed by atoms with Gasteiger partial charge in [-0.1, -0.05) is 12.1 Å². The molecule has 0 amide bonds. The van der Waals surface area contributed by atoms with Crippen molar-refractivity contribution in [1.29, 1.82) is 0 Å². The summed E-state index contributed by atoms with van der Waals surface area (Å²) in [5, 5.41) is 9.46. The van der Waals surface area contributed by atoms with Crippen LogP contribution < -0.4 is 0 Å². The van der Waals surface area contributed by atoms with Gasteiger partial charge in [0, 0.05) is 25.5 Å². The topological polar surface area (TPSA) is 53.4 Å². The molecule has 0 radical (unpaired) electrons. The van der Waals surface area contributed by atoms with Crippen LogP contribution in [0.5, 0.6) is 0 Å². The highest BCUT2D eigenvalue weighted by atomic mass is 19.4. The van der Waals surface area contributed by atoms with Crippen molar-refractivity contribution in [1.82, 2.24) is 9.88 Å². The molecule has 3 rings (SSSR count). The summed E-state index contributed by atoms with van der Waals surface area (Å²) in [5.41, 5.74) is 1.28. The molecule has 24 heavy (non-hydrogen) atoms. The van der Waals surface area contributed by atoms with Crippen LogP contribution in [0.1, 0.15) is 22.3 Å². The van der Waals surface area contributed by atoms with Gasteiger partial charge in [0.2, 0.25) is 0 Å². The Hall–Kier alpha value is -2.41. The number of pyridine rings is 1. The SMILES string of the molecule is O=C(O)[C@@H]1Cc2ccc(C(F)(F)F)cc2CN1Cc1cccnc1. The highest BCUT2D eigenvalue weighted by Crippen LogP contribution is 2.33. The van der Waals surface area contributed by atoms with Crippen molar-refractivity contribution in [3.05, 3.63) is 65.0 Å². The van der Waals surface area contributed by atoms with Gasteiger partial charge in [0.1, 0.15) is 6.04 Å². The standard InChI is InChI=1S/C17H15F3N2O2/c18-17(19,20)14-4-3-12-7-15(16(23)24)22(10-13(12)6-14)9-11-2-1-5-21-8-11/h1-6,8,15H,7,9-10H2,(H,23,24)/t15-/m0/s1. The van der Waals surface area contributed by atoms with Gasteiger partial charge in [0.15, 0.2) is 0 Å². The fourth-order valence-corrected chi connectivity index (χ4v) is 2.95. The fourth-order valence-electron chi connectivity index (χ4n) is 2.95. The molecule has 1 aliphatic heterocycles. The minimum atomic E-state index is -4.41. The number of hydrogen-bond acceptors (Lipinski definition) is 3. The minimum Gasteiger partial charge on any atom is -0.480 e. The molecule has 7 heteroatoms. The molecule has 2 aromatic rings. The van der Waals surface area contributed by atoms with Crippen LogP contribution in [0.4, 0.5) is 13.2 Å². The number of rotatable bonds is 3. The number of carboxylic acids is 1. The molecule has 126 valence electrons. The predicted octanol–water partition coefficient (Wildman–Crippen LogP) is 3.11. The van der Waals surface area contributed by atoms with E-state index in [9.17, 15) is 23.1 Å². The number of fused-ring (bicyclic) bond motifs is 1. The summed E-state index contributed by atoms with van der Waals surface area (Å²) < 4.78 is 38.7. The first-order valence-corrected chi connectivity index (χ1v) is 7.39. The predicted molar refractivity (Wildman–Crippen MR) is 80.1 cm³/mol. The molecule has 0 unspecified atom stereocenters. The molecule has 0 bridgehead atoms. The van der Waals surface area contributed by atoms with Gasteiger partial charge in [-0.2, -0.15) is 13.2 Å². The minimum absolute atomic E-state index is 0.158. The van der Waals surface area contributed by atoms with Crippen molar-refractivity contribution in [2.24, 2.45) is 0 Å². The van der Waals surface area contributed by atoms with Gasteiger partial charge in [0.25, 0.3) is 0 Å². The summed E-state index contributed by atoms with van der Waals surface area (Å²) in [6.07, 6.45) is -0.990. The lowest BCUT2D eigenvalue weighted by Gasteiger charge is -2.34. The Morgan fingerprint density at radius 1 is 1.29 bits per heavy atom. The molecule has 1 aliphatic rings. The zero-order chi connectivity index (χ0) is 17.3. The first-order valence-electron chi connectivity index (χ1n) is 7.39. The first kappa shape index (κ1) is 16.4. The van der Waals surface area contributed by atoms with Crippen molar-refractivity contribution in [2.45, 2.75) is 31.7 Å². The third kappa shape index (κ3) is 3.41. The third-order valence-electron chi connectivity index (χ3n) is 4.15. The lowest BCUT2D eigenvalue weighted by atomic mass is 9.92. The Morgan fingerprint density at radius 2 is 2.08 bits per heavy atom. The Bertz CT molecular complexity index is 747. The normalized spacial score (nSPS) is 18.2.